The molecule has 5 heteroatoms. The van der Waals surface area contributed by atoms with Crippen molar-refractivity contribution in [3.05, 3.63) is 59.4 Å². The largest absolute Gasteiger partial charge is 0.497 e. The zero-order chi connectivity index (χ0) is 17.1. The van der Waals surface area contributed by atoms with E-state index in [-0.39, 0.29) is 17.5 Å². The van der Waals surface area contributed by atoms with Gasteiger partial charge in [-0.25, -0.2) is 0 Å². The standard InChI is InChI=1S/C19H16O5/c1-3-18(20)23-13-6-4-12(5-7-13)10-17-19(21)15-9-8-14(22-2)11-16(15)24-17/h4-11H,3H2,1-2H3/b17-10-. The van der Waals surface area contributed by atoms with E-state index in [0.29, 0.717) is 29.2 Å². The van der Waals surface area contributed by atoms with Gasteiger partial charge in [0, 0.05) is 12.5 Å². The van der Waals surface area contributed by atoms with Gasteiger partial charge in [0.2, 0.25) is 5.78 Å². The molecule has 1 aliphatic rings. The molecule has 122 valence electrons. The molecule has 5 nitrogen and oxygen atoms in total. The van der Waals surface area contributed by atoms with Gasteiger partial charge in [-0.1, -0.05) is 19.1 Å². The maximum Gasteiger partial charge on any atom is 0.310 e. The molecule has 0 unspecified atom stereocenters. The van der Waals surface area contributed by atoms with Crippen molar-refractivity contribution in [1.29, 1.82) is 0 Å². The average Bonchev–Trinajstić information content (AvgIpc) is 2.91. The van der Waals surface area contributed by atoms with Crippen LogP contribution in [0.3, 0.4) is 0 Å². The Morgan fingerprint density at radius 2 is 1.83 bits per heavy atom. The maximum atomic E-state index is 12.3. The Morgan fingerprint density at radius 1 is 1.12 bits per heavy atom. The molecule has 0 fully saturated rings. The summed E-state index contributed by atoms with van der Waals surface area (Å²) in [6.45, 7) is 1.73. The van der Waals surface area contributed by atoms with Crippen molar-refractivity contribution in [2.45, 2.75) is 13.3 Å². The van der Waals surface area contributed by atoms with E-state index in [1.807, 2.05) is 0 Å². The van der Waals surface area contributed by atoms with Crippen molar-refractivity contribution in [1.82, 2.24) is 0 Å². The number of carbonyl (C=O) groups excluding carboxylic acids is 2. The van der Waals surface area contributed by atoms with Crippen LogP contribution in [-0.4, -0.2) is 18.9 Å². The Hall–Kier alpha value is -3.08. The molecule has 1 heterocycles. The van der Waals surface area contributed by atoms with E-state index >= 15 is 0 Å². The molecule has 0 amide bonds. The van der Waals surface area contributed by atoms with Gasteiger partial charge in [-0.3, -0.25) is 9.59 Å². The van der Waals surface area contributed by atoms with Crippen LogP contribution < -0.4 is 14.2 Å². The quantitative estimate of drug-likeness (QED) is 0.488. The zero-order valence-electron chi connectivity index (χ0n) is 13.4. The van der Waals surface area contributed by atoms with Crippen molar-refractivity contribution in [3.8, 4) is 17.2 Å². The molecule has 0 atom stereocenters. The predicted octanol–water partition coefficient (Wildman–Crippen LogP) is 3.63. The highest BCUT2D eigenvalue weighted by atomic mass is 16.5. The molecule has 1 aliphatic heterocycles. The normalized spacial score (nSPS) is 14.2. The summed E-state index contributed by atoms with van der Waals surface area (Å²) in [7, 11) is 1.56. The van der Waals surface area contributed by atoms with Crippen molar-refractivity contribution in [2.75, 3.05) is 7.11 Å². The Morgan fingerprint density at radius 3 is 2.50 bits per heavy atom. The number of fused-ring (bicyclic) bond motifs is 1. The van der Waals surface area contributed by atoms with Gasteiger partial charge in [0.1, 0.15) is 17.2 Å². The van der Waals surface area contributed by atoms with Crippen molar-refractivity contribution >= 4 is 17.8 Å². The monoisotopic (exact) mass is 324 g/mol. The van der Waals surface area contributed by atoms with Gasteiger partial charge in [0.15, 0.2) is 5.76 Å². The molecule has 0 aromatic heterocycles. The number of hydrogen-bond donors (Lipinski definition) is 0. The lowest BCUT2D eigenvalue weighted by atomic mass is 10.1. The topological polar surface area (TPSA) is 61.8 Å². The van der Waals surface area contributed by atoms with Crippen LogP contribution in [0.2, 0.25) is 0 Å². The molecule has 0 spiro atoms. The summed E-state index contributed by atoms with van der Waals surface area (Å²) in [5, 5.41) is 0. The molecule has 0 N–H and O–H groups in total. The summed E-state index contributed by atoms with van der Waals surface area (Å²) in [5.41, 5.74) is 1.28. The van der Waals surface area contributed by atoms with Gasteiger partial charge >= 0.3 is 5.97 Å². The first kappa shape index (κ1) is 15.8. The van der Waals surface area contributed by atoms with Crippen molar-refractivity contribution in [2.24, 2.45) is 0 Å². The number of Topliss-reactive ketones (excluding diaryl/α,β-unsaturated/α-hetero) is 1. The number of methoxy groups -OCH3 is 1. The second kappa shape index (κ2) is 6.58. The number of rotatable bonds is 4. The highest BCUT2D eigenvalue weighted by Gasteiger charge is 2.27. The molecule has 3 rings (SSSR count). The highest BCUT2D eigenvalue weighted by Crippen LogP contribution is 2.34. The van der Waals surface area contributed by atoms with Gasteiger partial charge in [0.05, 0.1) is 12.7 Å². The summed E-state index contributed by atoms with van der Waals surface area (Å²) < 4.78 is 15.9. The van der Waals surface area contributed by atoms with Crippen LogP contribution in [0.15, 0.2) is 48.2 Å². The van der Waals surface area contributed by atoms with Crippen LogP contribution in [0.25, 0.3) is 6.08 Å². The smallest absolute Gasteiger partial charge is 0.310 e. The van der Waals surface area contributed by atoms with Gasteiger partial charge in [-0.2, -0.15) is 0 Å². The maximum absolute atomic E-state index is 12.3. The molecule has 0 radical (unpaired) electrons. The number of ketones is 1. The molecule has 0 saturated carbocycles. The Bertz CT molecular complexity index is 818. The number of benzene rings is 2. The number of ether oxygens (including phenoxy) is 3. The number of carbonyl (C=O) groups is 2. The van der Waals surface area contributed by atoms with Crippen LogP contribution in [0.4, 0.5) is 0 Å². The fourth-order valence-corrected chi connectivity index (χ4v) is 2.28. The van der Waals surface area contributed by atoms with Gasteiger partial charge in [-0.05, 0) is 35.9 Å². The van der Waals surface area contributed by atoms with Crippen LogP contribution in [-0.2, 0) is 4.79 Å². The van der Waals surface area contributed by atoms with E-state index in [4.69, 9.17) is 14.2 Å². The molecular formula is C19H16O5. The summed E-state index contributed by atoms with van der Waals surface area (Å²) in [6, 6.07) is 12.0. The summed E-state index contributed by atoms with van der Waals surface area (Å²) >= 11 is 0. The van der Waals surface area contributed by atoms with Crippen molar-refractivity contribution < 1.29 is 23.8 Å². The minimum Gasteiger partial charge on any atom is -0.497 e. The van der Waals surface area contributed by atoms with Gasteiger partial charge < -0.3 is 14.2 Å². The van der Waals surface area contributed by atoms with E-state index in [0.717, 1.165) is 5.56 Å². The third-order valence-corrected chi connectivity index (χ3v) is 3.58. The molecule has 0 aliphatic carbocycles. The zero-order valence-corrected chi connectivity index (χ0v) is 13.4. The molecule has 0 saturated heterocycles. The summed E-state index contributed by atoms with van der Waals surface area (Å²) in [6.07, 6.45) is 1.97. The summed E-state index contributed by atoms with van der Waals surface area (Å²) in [5.74, 6) is 1.37. The highest BCUT2D eigenvalue weighted by molar-refractivity contribution is 6.14. The van der Waals surface area contributed by atoms with Crippen LogP contribution in [0, 0.1) is 0 Å². The predicted molar refractivity (Wildman–Crippen MR) is 88.3 cm³/mol. The first-order valence-corrected chi connectivity index (χ1v) is 7.53. The minimum absolute atomic E-state index is 0.172. The van der Waals surface area contributed by atoms with Crippen LogP contribution >= 0.6 is 0 Å². The van der Waals surface area contributed by atoms with Crippen molar-refractivity contribution in [3.63, 3.8) is 0 Å². The Balaban J connectivity index is 1.80. The van der Waals surface area contributed by atoms with Crippen LogP contribution in [0.5, 0.6) is 17.2 Å². The number of esters is 1. The third kappa shape index (κ3) is 3.15. The second-order valence-corrected chi connectivity index (χ2v) is 5.20. The van der Waals surface area contributed by atoms with E-state index in [2.05, 4.69) is 0 Å². The lowest BCUT2D eigenvalue weighted by Gasteiger charge is -2.03. The van der Waals surface area contributed by atoms with E-state index in [1.165, 1.54) is 0 Å². The molecule has 2 aromatic rings. The lowest BCUT2D eigenvalue weighted by Crippen LogP contribution is -2.05. The van der Waals surface area contributed by atoms with E-state index in [9.17, 15) is 9.59 Å². The lowest BCUT2D eigenvalue weighted by molar-refractivity contribution is -0.134. The minimum atomic E-state index is -0.292. The van der Waals surface area contributed by atoms with Crippen LogP contribution in [0.1, 0.15) is 29.3 Å². The number of allylic oxidation sites excluding steroid dienone is 1. The molecule has 24 heavy (non-hydrogen) atoms. The van der Waals surface area contributed by atoms with E-state index in [1.54, 1.807) is 62.6 Å². The number of hydrogen-bond acceptors (Lipinski definition) is 5. The fraction of sp³-hybridized carbons (Fsp3) is 0.158. The molecule has 2 aromatic carbocycles. The average molecular weight is 324 g/mol. The Labute approximate surface area is 139 Å². The Kier molecular flexibility index (Phi) is 4.33. The van der Waals surface area contributed by atoms with Gasteiger partial charge in [0.25, 0.3) is 0 Å². The summed E-state index contributed by atoms with van der Waals surface area (Å²) in [4.78, 5) is 23.6. The van der Waals surface area contributed by atoms with E-state index < -0.39 is 0 Å². The first-order chi connectivity index (χ1) is 11.6. The molecule has 0 bridgehead atoms. The SMILES string of the molecule is CCC(=O)Oc1ccc(/C=C2\Oc3cc(OC)ccc3C2=O)cc1. The van der Waals surface area contributed by atoms with Gasteiger partial charge in [-0.15, -0.1) is 0 Å². The second-order valence-electron chi connectivity index (χ2n) is 5.20. The third-order valence-electron chi connectivity index (χ3n) is 3.58. The fourth-order valence-electron chi connectivity index (χ4n) is 2.28. The first-order valence-electron chi connectivity index (χ1n) is 7.53. The molecular weight excluding hydrogens is 308 g/mol.